The first-order chi connectivity index (χ1) is 16.8. The number of hydrogen-bond donors (Lipinski definition) is 3. The van der Waals surface area contributed by atoms with Gasteiger partial charge in [-0.1, -0.05) is 44.8 Å². The van der Waals surface area contributed by atoms with E-state index in [0.717, 1.165) is 19.3 Å². The topological polar surface area (TPSA) is 139 Å². The van der Waals surface area contributed by atoms with Gasteiger partial charge in [-0.15, -0.1) is 10.1 Å². The van der Waals surface area contributed by atoms with Crippen molar-refractivity contribution in [3.63, 3.8) is 0 Å². The summed E-state index contributed by atoms with van der Waals surface area (Å²) in [5.74, 6) is 0.118. The molecule has 1 rings (SSSR count). The summed E-state index contributed by atoms with van der Waals surface area (Å²) < 4.78 is 0. The van der Waals surface area contributed by atoms with Crippen LogP contribution in [0.1, 0.15) is 103 Å². The third-order valence-corrected chi connectivity index (χ3v) is 6.78. The fourth-order valence-corrected chi connectivity index (χ4v) is 4.72. The van der Waals surface area contributed by atoms with Crippen LogP contribution in [-0.4, -0.2) is 52.3 Å². The van der Waals surface area contributed by atoms with Crippen LogP contribution in [0.5, 0.6) is 0 Å². The Morgan fingerprint density at radius 1 is 0.971 bits per heavy atom. The second-order valence-electron chi connectivity index (χ2n) is 9.65. The molecule has 0 unspecified atom stereocenters. The molecule has 0 saturated heterocycles. The molecule has 1 fully saturated rings. The Bertz CT molecular complexity index is 641. The number of ketones is 1. The summed E-state index contributed by atoms with van der Waals surface area (Å²) in [6.45, 7) is 2.68. The van der Waals surface area contributed by atoms with E-state index in [4.69, 9.17) is 0 Å². The van der Waals surface area contributed by atoms with Crippen molar-refractivity contribution in [3.8, 4) is 0 Å². The molecule has 0 aromatic carbocycles. The molecule has 9 nitrogen and oxygen atoms in total. The molecule has 0 aromatic heterocycles. The van der Waals surface area contributed by atoms with Gasteiger partial charge < -0.3 is 20.4 Å². The van der Waals surface area contributed by atoms with Gasteiger partial charge in [-0.25, -0.2) is 0 Å². The van der Waals surface area contributed by atoms with Gasteiger partial charge in [0.1, 0.15) is 5.78 Å². The van der Waals surface area contributed by atoms with Crippen molar-refractivity contribution < 1.29 is 29.7 Å². The van der Waals surface area contributed by atoms with Gasteiger partial charge in [0.2, 0.25) is 5.91 Å². The average Bonchev–Trinajstić information content (AvgIpc) is 3.08. The Labute approximate surface area is 209 Å². The maximum absolute atomic E-state index is 12.2. The number of unbranched alkanes of at least 4 members (excludes halogenated alkanes) is 6. The number of aliphatic hydroxyl groups is 2. The highest BCUT2D eigenvalue weighted by molar-refractivity contribution is 5.78. The maximum atomic E-state index is 12.2. The van der Waals surface area contributed by atoms with E-state index in [1.54, 1.807) is 0 Å². The van der Waals surface area contributed by atoms with Crippen LogP contribution in [0.25, 0.3) is 0 Å². The molecule has 0 bridgehead atoms. The minimum absolute atomic E-state index is 0.0384. The van der Waals surface area contributed by atoms with Crippen molar-refractivity contribution in [2.45, 2.75) is 115 Å². The lowest BCUT2D eigenvalue weighted by molar-refractivity contribution is -0.757. The highest BCUT2D eigenvalue weighted by Gasteiger charge is 2.40. The summed E-state index contributed by atoms with van der Waals surface area (Å²) in [4.78, 5) is 38.3. The zero-order chi connectivity index (χ0) is 25.9. The molecular weight excluding hydrogens is 452 g/mol. The van der Waals surface area contributed by atoms with Crippen LogP contribution < -0.4 is 5.32 Å². The largest absolute Gasteiger partial charge is 0.393 e. The molecule has 9 heteroatoms. The van der Waals surface area contributed by atoms with Crippen molar-refractivity contribution >= 4 is 11.7 Å². The molecule has 35 heavy (non-hydrogen) atoms. The molecule has 1 saturated carbocycles. The lowest BCUT2D eigenvalue weighted by atomic mass is 9.86. The molecule has 202 valence electrons. The van der Waals surface area contributed by atoms with Gasteiger partial charge in [0.05, 0.1) is 18.8 Å². The number of carbonyl (C=O) groups excluding carboxylic acids is 2. The van der Waals surface area contributed by atoms with Crippen molar-refractivity contribution in [2.75, 3.05) is 13.2 Å². The number of carbonyl (C=O) groups is 2. The number of nitrogens with one attached hydrogen (secondary N) is 1. The van der Waals surface area contributed by atoms with Crippen LogP contribution in [0.2, 0.25) is 0 Å². The summed E-state index contributed by atoms with van der Waals surface area (Å²) >= 11 is 0. The number of amides is 1. The third kappa shape index (κ3) is 14.9. The van der Waals surface area contributed by atoms with Gasteiger partial charge in [-0.3, -0.25) is 9.59 Å². The summed E-state index contributed by atoms with van der Waals surface area (Å²) in [7, 11) is 0. The molecule has 0 radical (unpaired) electrons. The average molecular weight is 499 g/mol. The van der Waals surface area contributed by atoms with Crippen LogP contribution in [0.3, 0.4) is 0 Å². The van der Waals surface area contributed by atoms with E-state index in [0.29, 0.717) is 64.3 Å². The monoisotopic (exact) mass is 498 g/mol. The summed E-state index contributed by atoms with van der Waals surface area (Å²) in [5, 5.41) is 32.8. The molecule has 0 aromatic rings. The van der Waals surface area contributed by atoms with Gasteiger partial charge in [-0.05, 0) is 63.2 Å². The van der Waals surface area contributed by atoms with E-state index in [-0.39, 0.29) is 30.1 Å². The summed E-state index contributed by atoms with van der Waals surface area (Å²) in [6, 6.07) is 0. The summed E-state index contributed by atoms with van der Waals surface area (Å²) in [5.41, 5.74) is 0. The zero-order valence-corrected chi connectivity index (χ0v) is 21.4. The van der Waals surface area contributed by atoms with Crippen LogP contribution in [0.15, 0.2) is 12.2 Å². The number of Topliss-reactive ketones (excluding diaryl/α,β-unsaturated/α-hetero) is 1. The van der Waals surface area contributed by atoms with Gasteiger partial charge in [0.25, 0.3) is 5.09 Å². The highest BCUT2D eigenvalue weighted by Crippen LogP contribution is 2.38. The van der Waals surface area contributed by atoms with Gasteiger partial charge >= 0.3 is 0 Å². The molecular formula is C26H46N2O7. The SMILES string of the molecule is CCCCCCCC(=O)CC[C@@H]1[C@@H](C/C=C\CCCC(=O)NCCCCO[N+](=O)[O-])[C@@H](O)C[C@H]1O. The fraction of sp³-hybridized carbons (Fsp3) is 0.846. The van der Waals surface area contributed by atoms with Crippen molar-refractivity contribution in [3.05, 3.63) is 22.3 Å². The van der Waals surface area contributed by atoms with Crippen molar-refractivity contribution in [1.29, 1.82) is 0 Å². The maximum Gasteiger partial charge on any atom is 0.294 e. The fourth-order valence-electron chi connectivity index (χ4n) is 4.72. The quantitative estimate of drug-likeness (QED) is 0.0929. The second kappa shape index (κ2) is 19.2. The molecule has 0 spiro atoms. The summed E-state index contributed by atoms with van der Waals surface area (Å²) in [6.07, 6.45) is 14.3. The van der Waals surface area contributed by atoms with E-state index >= 15 is 0 Å². The molecule has 0 heterocycles. The molecule has 1 aliphatic carbocycles. The Kier molecular flexibility index (Phi) is 17.0. The highest BCUT2D eigenvalue weighted by atomic mass is 16.9. The van der Waals surface area contributed by atoms with Crippen LogP contribution in [0, 0.1) is 22.0 Å². The molecule has 3 N–H and O–H groups in total. The minimum atomic E-state index is -0.819. The number of rotatable bonds is 21. The van der Waals surface area contributed by atoms with Crippen LogP contribution >= 0.6 is 0 Å². The molecule has 4 atom stereocenters. The molecule has 1 aliphatic rings. The lowest BCUT2D eigenvalue weighted by Gasteiger charge is -2.22. The van der Waals surface area contributed by atoms with Crippen LogP contribution in [0.4, 0.5) is 0 Å². The van der Waals surface area contributed by atoms with Gasteiger partial charge in [0.15, 0.2) is 0 Å². The van der Waals surface area contributed by atoms with E-state index in [1.165, 1.54) is 19.3 Å². The Morgan fingerprint density at radius 2 is 1.71 bits per heavy atom. The molecule has 0 aliphatic heterocycles. The molecule has 1 amide bonds. The van der Waals surface area contributed by atoms with Crippen molar-refractivity contribution in [1.82, 2.24) is 5.32 Å². The van der Waals surface area contributed by atoms with Crippen molar-refractivity contribution in [2.24, 2.45) is 11.8 Å². The van der Waals surface area contributed by atoms with Gasteiger partial charge in [-0.2, -0.15) is 0 Å². The van der Waals surface area contributed by atoms with E-state index in [2.05, 4.69) is 17.1 Å². The first-order valence-electron chi connectivity index (χ1n) is 13.4. The second-order valence-corrected chi connectivity index (χ2v) is 9.65. The normalized spacial score (nSPS) is 21.9. The zero-order valence-electron chi connectivity index (χ0n) is 21.4. The number of allylic oxidation sites excluding steroid dienone is 2. The first-order valence-corrected chi connectivity index (χ1v) is 13.4. The Hall–Kier alpha value is -2.00. The van der Waals surface area contributed by atoms with E-state index in [1.807, 2.05) is 12.2 Å². The number of aliphatic hydroxyl groups excluding tert-OH is 2. The minimum Gasteiger partial charge on any atom is -0.393 e. The predicted molar refractivity (Wildman–Crippen MR) is 134 cm³/mol. The van der Waals surface area contributed by atoms with Gasteiger partial charge in [0, 0.05) is 25.8 Å². The van der Waals surface area contributed by atoms with E-state index < -0.39 is 17.3 Å². The number of hydrogen-bond acceptors (Lipinski definition) is 7. The predicted octanol–water partition coefficient (Wildman–Crippen LogP) is 4.28. The Morgan fingerprint density at radius 3 is 2.46 bits per heavy atom. The standard InChI is InChI=1S/C26H46N2O7/c1-2-3-4-5-8-13-21(29)16-17-23-22(24(30)20-25(23)31)14-9-6-7-10-15-26(32)27-18-11-12-19-35-28(33)34/h6,9,22-25,30-31H,2-5,7-8,10-20H2,1H3,(H,27,32)/b9-6-/t22-,23-,24+,25-/m1/s1. The lowest BCUT2D eigenvalue weighted by Crippen LogP contribution is -2.24. The smallest absolute Gasteiger partial charge is 0.294 e. The Balaban J connectivity index is 2.20. The number of nitrogens with zero attached hydrogens (tertiary/aromatic N) is 1. The first kappa shape index (κ1) is 31.0. The van der Waals surface area contributed by atoms with Crippen LogP contribution in [-0.2, 0) is 14.4 Å². The third-order valence-electron chi connectivity index (χ3n) is 6.78. The van der Waals surface area contributed by atoms with E-state index in [9.17, 15) is 29.9 Å².